The highest BCUT2D eigenvalue weighted by molar-refractivity contribution is 7.93. The number of sulfonamides is 1. The van der Waals surface area contributed by atoms with Gasteiger partial charge in [0.15, 0.2) is 0 Å². The first-order chi connectivity index (χ1) is 9.91. The van der Waals surface area contributed by atoms with Crippen LogP contribution in [0.5, 0.6) is 5.75 Å². The van der Waals surface area contributed by atoms with Crippen LogP contribution in [-0.2, 0) is 15.9 Å². The molecular weight excluding hydrogens is 330 g/mol. The first-order valence-corrected chi connectivity index (χ1v) is 9.03. The van der Waals surface area contributed by atoms with Crippen molar-refractivity contribution in [1.82, 2.24) is 0 Å². The molecule has 0 saturated heterocycles. The number of halogens is 1. The number of methoxy groups -OCH3 is 1. The number of alkyl halides is 1. The monoisotopic (exact) mass is 345 g/mol. The Hall–Kier alpha value is -1.24. The van der Waals surface area contributed by atoms with Crippen LogP contribution in [0.4, 0.5) is 5.69 Å². The van der Waals surface area contributed by atoms with E-state index in [2.05, 4.69) is 0 Å². The topological polar surface area (TPSA) is 46.6 Å². The molecule has 1 aromatic carbocycles. The smallest absolute Gasteiger partial charge is 0.265 e. The number of rotatable bonds is 5. The highest BCUT2D eigenvalue weighted by Crippen LogP contribution is 2.32. The molecule has 0 atom stereocenters. The van der Waals surface area contributed by atoms with Gasteiger partial charge in [-0.25, -0.2) is 8.42 Å². The average molecular weight is 346 g/mol. The molecule has 4 nitrogen and oxygen atoms in total. The Labute approximate surface area is 134 Å². The van der Waals surface area contributed by atoms with Crippen molar-refractivity contribution in [2.75, 3.05) is 18.5 Å². The molecule has 21 heavy (non-hydrogen) atoms. The van der Waals surface area contributed by atoms with Crippen molar-refractivity contribution < 1.29 is 13.2 Å². The van der Waals surface area contributed by atoms with E-state index in [1.54, 1.807) is 38.3 Å². The third kappa shape index (κ3) is 3.02. The molecule has 0 unspecified atom stereocenters. The van der Waals surface area contributed by atoms with E-state index >= 15 is 0 Å². The van der Waals surface area contributed by atoms with Crippen LogP contribution in [0.25, 0.3) is 0 Å². The molecule has 0 N–H and O–H groups in total. The molecule has 2 aromatic rings. The van der Waals surface area contributed by atoms with Crippen LogP contribution in [0.15, 0.2) is 34.5 Å². The molecular formula is C14H16ClNO3S2. The van der Waals surface area contributed by atoms with Crippen molar-refractivity contribution in [1.29, 1.82) is 0 Å². The Kier molecular flexibility index (Phi) is 4.81. The Morgan fingerprint density at radius 3 is 2.43 bits per heavy atom. The fraction of sp³-hybridized carbons (Fsp3) is 0.286. The number of hydrogen-bond acceptors (Lipinski definition) is 4. The summed E-state index contributed by atoms with van der Waals surface area (Å²) in [4.78, 5) is 0.968. The summed E-state index contributed by atoms with van der Waals surface area (Å²) in [7, 11) is -0.523. The highest BCUT2D eigenvalue weighted by Gasteiger charge is 2.27. The highest BCUT2D eigenvalue weighted by atomic mass is 35.5. The van der Waals surface area contributed by atoms with Gasteiger partial charge >= 0.3 is 0 Å². The van der Waals surface area contributed by atoms with E-state index in [-0.39, 0.29) is 5.88 Å². The number of hydrogen-bond donors (Lipinski definition) is 0. The minimum absolute atomic E-state index is 0.184. The van der Waals surface area contributed by atoms with Gasteiger partial charge in [-0.05, 0) is 42.1 Å². The van der Waals surface area contributed by atoms with Crippen molar-refractivity contribution in [2.45, 2.75) is 17.7 Å². The van der Waals surface area contributed by atoms with Gasteiger partial charge in [0.05, 0.1) is 18.7 Å². The Morgan fingerprint density at radius 2 is 1.90 bits per heavy atom. The number of aryl methyl sites for hydroxylation is 1. The summed E-state index contributed by atoms with van der Waals surface area (Å²) in [6.07, 6.45) is 0. The number of thiophene rings is 1. The predicted octanol–water partition coefficient (Wildman–Crippen LogP) is 3.63. The number of benzene rings is 1. The minimum atomic E-state index is -3.62. The van der Waals surface area contributed by atoms with Crippen LogP contribution in [-0.4, -0.2) is 22.6 Å². The van der Waals surface area contributed by atoms with Crippen molar-refractivity contribution in [3.63, 3.8) is 0 Å². The Bertz CT molecular complexity index is 723. The average Bonchev–Trinajstić information content (AvgIpc) is 2.88. The zero-order valence-corrected chi connectivity index (χ0v) is 14.3. The van der Waals surface area contributed by atoms with Gasteiger partial charge in [0.1, 0.15) is 10.6 Å². The second-order valence-electron chi connectivity index (χ2n) is 4.48. The fourth-order valence-corrected chi connectivity index (χ4v) is 5.20. The fourth-order valence-electron chi connectivity index (χ4n) is 1.99. The molecule has 7 heteroatoms. The van der Waals surface area contributed by atoms with Gasteiger partial charge in [-0.3, -0.25) is 4.31 Å². The molecule has 0 radical (unpaired) electrons. The molecule has 0 spiro atoms. The summed E-state index contributed by atoms with van der Waals surface area (Å²) in [6, 6.07) is 6.87. The predicted molar refractivity (Wildman–Crippen MR) is 87.2 cm³/mol. The zero-order valence-electron chi connectivity index (χ0n) is 12.0. The van der Waals surface area contributed by atoms with Gasteiger partial charge in [-0.1, -0.05) is 0 Å². The van der Waals surface area contributed by atoms with Gasteiger partial charge in [-0.15, -0.1) is 22.9 Å². The molecule has 0 amide bonds. The van der Waals surface area contributed by atoms with Crippen molar-refractivity contribution >= 4 is 38.6 Å². The zero-order chi connectivity index (χ0) is 15.6. The lowest BCUT2D eigenvalue weighted by Crippen LogP contribution is -2.27. The molecule has 1 heterocycles. The largest absolute Gasteiger partial charge is 0.497 e. The third-order valence-electron chi connectivity index (χ3n) is 3.17. The molecule has 0 saturated carbocycles. The maximum absolute atomic E-state index is 12.8. The van der Waals surface area contributed by atoms with Gasteiger partial charge in [0.2, 0.25) is 0 Å². The lowest BCUT2D eigenvalue weighted by Gasteiger charge is -2.20. The maximum Gasteiger partial charge on any atom is 0.265 e. The maximum atomic E-state index is 12.8. The van der Waals surface area contributed by atoms with E-state index in [0.717, 1.165) is 5.56 Å². The molecule has 0 aliphatic carbocycles. The van der Waals surface area contributed by atoms with E-state index in [4.69, 9.17) is 16.3 Å². The SMILES string of the molecule is COc1ccc(N(C)S(=O)(=O)c2c(C)csc2CCl)cc1. The van der Waals surface area contributed by atoms with Crippen molar-refractivity contribution in [3.8, 4) is 5.75 Å². The standard InChI is InChI=1S/C14H16ClNO3S2/c1-10-9-20-13(8-15)14(10)21(17,18)16(2)11-4-6-12(19-3)7-5-11/h4-7,9H,8H2,1-3H3. The molecule has 2 rings (SSSR count). The van der Waals surface area contributed by atoms with Crippen LogP contribution in [0.2, 0.25) is 0 Å². The summed E-state index contributed by atoms with van der Waals surface area (Å²) in [5.41, 5.74) is 1.29. The van der Waals surface area contributed by atoms with Gasteiger partial charge in [-0.2, -0.15) is 0 Å². The Balaban J connectivity index is 2.44. The summed E-state index contributed by atoms with van der Waals surface area (Å²) < 4.78 is 31.9. The second kappa shape index (κ2) is 6.25. The first kappa shape index (κ1) is 16.1. The van der Waals surface area contributed by atoms with E-state index in [1.165, 1.54) is 22.7 Å². The summed E-state index contributed by atoms with van der Waals surface area (Å²) in [5.74, 6) is 0.862. The minimum Gasteiger partial charge on any atom is -0.497 e. The van der Waals surface area contributed by atoms with Crippen LogP contribution >= 0.6 is 22.9 Å². The van der Waals surface area contributed by atoms with Crippen LogP contribution in [0, 0.1) is 6.92 Å². The first-order valence-electron chi connectivity index (χ1n) is 6.17. The van der Waals surface area contributed by atoms with Gasteiger partial charge in [0, 0.05) is 11.9 Å². The van der Waals surface area contributed by atoms with Crippen LogP contribution in [0.3, 0.4) is 0 Å². The van der Waals surface area contributed by atoms with Gasteiger partial charge < -0.3 is 4.74 Å². The number of nitrogens with zero attached hydrogens (tertiary/aromatic N) is 1. The molecule has 0 aliphatic heterocycles. The number of anilines is 1. The third-order valence-corrected chi connectivity index (χ3v) is 6.84. The van der Waals surface area contributed by atoms with E-state index in [9.17, 15) is 8.42 Å². The van der Waals surface area contributed by atoms with Crippen molar-refractivity contribution in [2.24, 2.45) is 0 Å². The molecule has 0 aliphatic rings. The van der Waals surface area contributed by atoms with E-state index < -0.39 is 10.0 Å². The van der Waals surface area contributed by atoms with E-state index in [1.807, 2.05) is 5.38 Å². The Morgan fingerprint density at radius 1 is 1.29 bits per heavy atom. The number of ether oxygens (including phenoxy) is 1. The van der Waals surface area contributed by atoms with Crippen molar-refractivity contribution in [3.05, 3.63) is 40.1 Å². The summed E-state index contributed by atoms with van der Waals surface area (Å²) in [6.45, 7) is 1.78. The van der Waals surface area contributed by atoms with Crippen LogP contribution in [0.1, 0.15) is 10.4 Å². The van der Waals surface area contributed by atoms with E-state index in [0.29, 0.717) is 21.2 Å². The molecule has 0 fully saturated rings. The quantitative estimate of drug-likeness (QED) is 0.777. The summed E-state index contributed by atoms with van der Waals surface area (Å²) in [5, 5.41) is 1.81. The normalized spacial score (nSPS) is 11.4. The lowest BCUT2D eigenvalue weighted by atomic mass is 10.3. The second-order valence-corrected chi connectivity index (χ2v) is 7.61. The van der Waals surface area contributed by atoms with Crippen LogP contribution < -0.4 is 9.04 Å². The lowest BCUT2D eigenvalue weighted by molar-refractivity contribution is 0.415. The molecule has 0 bridgehead atoms. The molecule has 1 aromatic heterocycles. The summed E-state index contributed by atoms with van der Waals surface area (Å²) >= 11 is 7.22. The molecule has 114 valence electrons. The van der Waals surface area contributed by atoms with Gasteiger partial charge in [0.25, 0.3) is 10.0 Å².